The summed E-state index contributed by atoms with van der Waals surface area (Å²) in [7, 11) is -4.78. The molecule has 0 saturated carbocycles. The van der Waals surface area contributed by atoms with E-state index in [2.05, 4.69) is 19.7 Å². The van der Waals surface area contributed by atoms with E-state index in [1.54, 1.807) is 0 Å². The van der Waals surface area contributed by atoms with Crippen molar-refractivity contribution in [2.75, 3.05) is 12.1 Å². The second kappa shape index (κ2) is 5.92. The zero-order valence-corrected chi connectivity index (χ0v) is 12.1. The molecule has 0 fully saturated rings. The Morgan fingerprint density at radius 1 is 1.48 bits per heavy atom. The first kappa shape index (κ1) is 17.4. The van der Waals surface area contributed by atoms with E-state index in [0.717, 1.165) is 10.9 Å². The minimum absolute atomic E-state index is 0.208. The molecule has 0 aliphatic rings. The van der Waals surface area contributed by atoms with Gasteiger partial charge in [-0.05, 0) is 0 Å². The Balaban J connectivity index is 2.33. The number of ether oxygens (including phenoxy) is 1. The molecule has 2 aromatic rings. The van der Waals surface area contributed by atoms with Crippen molar-refractivity contribution in [3.63, 3.8) is 0 Å². The van der Waals surface area contributed by atoms with Crippen LogP contribution < -0.4 is 11.3 Å². The Labute approximate surface area is 125 Å². The van der Waals surface area contributed by atoms with Gasteiger partial charge in [-0.3, -0.25) is 14.3 Å². The van der Waals surface area contributed by atoms with Gasteiger partial charge in [-0.25, -0.2) is 4.98 Å². The van der Waals surface area contributed by atoms with Gasteiger partial charge in [-0.2, -0.15) is 18.2 Å². The number of nitrogens with zero attached hydrogens (tertiary/aromatic N) is 3. The van der Waals surface area contributed by atoms with Gasteiger partial charge in [0.1, 0.15) is 6.35 Å². The number of hydrogen-bond acceptors (Lipinski definition) is 6. The Morgan fingerprint density at radius 3 is 2.70 bits per heavy atom. The van der Waals surface area contributed by atoms with E-state index in [0.29, 0.717) is 0 Å². The van der Waals surface area contributed by atoms with E-state index >= 15 is 0 Å². The molecule has 0 saturated heterocycles. The Bertz CT molecular complexity index is 812. The summed E-state index contributed by atoms with van der Waals surface area (Å²) in [6, 6.07) is 0. The molecule has 5 N–H and O–H groups in total. The lowest BCUT2D eigenvalue weighted by molar-refractivity contribution is -0.219. The monoisotopic (exact) mass is 357 g/mol. The Morgan fingerprint density at radius 2 is 2.13 bits per heavy atom. The number of anilines is 1. The molecule has 2 heterocycles. The van der Waals surface area contributed by atoms with Gasteiger partial charge >= 0.3 is 13.8 Å². The predicted molar refractivity (Wildman–Crippen MR) is 70.4 cm³/mol. The van der Waals surface area contributed by atoms with Crippen molar-refractivity contribution in [2.24, 2.45) is 0 Å². The Hall–Kier alpha value is -1.95. The van der Waals surface area contributed by atoms with Crippen LogP contribution in [0.3, 0.4) is 0 Å². The van der Waals surface area contributed by atoms with E-state index in [-0.39, 0.29) is 17.1 Å². The standard InChI is InChI=1S/C9H11F3N5O5P/c10-9(11,12)4(22-3-23(19,20)21)1-17-2-14-5-6(17)15-8(13)16-7(5)18/h2,4H,1,3H2,(H2,19,20,21)(H3,13,15,16,18). The molecule has 14 heteroatoms. The lowest BCUT2D eigenvalue weighted by atomic mass is 10.3. The van der Waals surface area contributed by atoms with Crippen LogP contribution in [0.5, 0.6) is 0 Å². The van der Waals surface area contributed by atoms with E-state index in [9.17, 15) is 22.5 Å². The fraction of sp³-hybridized carbons (Fsp3) is 0.444. The van der Waals surface area contributed by atoms with Crippen LogP contribution in [0.4, 0.5) is 19.1 Å². The number of rotatable bonds is 5. The number of nitrogen functional groups attached to an aromatic ring is 1. The molecule has 0 spiro atoms. The smallest absolute Gasteiger partial charge is 0.369 e. The van der Waals surface area contributed by atoms with Crippen molar-refractivity contribution in [3.8, 4) is 0 Å². The number of nitrogens with one attached hydrogen (secondary N) is 1. The van der Waals surface area contributed by atoms with Crippen LogP contribution in [0.25, 0.3) is 11.2 Å². The fourth-order valence-corrected chi connectivity index (χ4v) is 2.09. The number of H-pyrrole nitrogens is 1. The maximum absolute atomic E-state index is 12.9. The third-order valence-corrected chi connectivity index (χ3v) is 3.15. The first-order valence-electron chi connectivity index (χ1n) is 5.91. The van der Waals surface area contributed by atoms with Crippen LogP contribution in [0, 0.1) is 0 Å². The van der Waals surface area contributed by atoms with Crippen molar-refractivity contribution >= 4 is 24.7 Å². The number of fused-ring (bicyclic) bond motifs is 1. The normalized spacial score (nSPS) is 14.3. The third-order valence-electron chi connectivity index (χ3n) is 2.66. The maximum atomic E-state index is 12.9. The van der Waals surface area contributed by atoms with Crippen LogP contribution in [0.15, 0.2) is 11.1 Å². The van der Waals surface area contributed by atoms with Crippen molar-refractivity contribution in [1.82, 2.24) is 19.5 Å². The predicted octanol–water partition coefficient (Wildman–Crippen LogP) is -0.216. The van der Waals surface area contributed by atoms with Crippen molar-refractivity contribution in [3.05, 3.63) is 16.7 Å². The van der Waals surface area contributed by atoms with Crippen molar-refractivity contribution in [2.45, 2.75) is 18.8 Å². The number of alkyl halides is 3. The number of aromatic amines is 1. The lowest BCUT2D eigenvalue weighted by Crippen LogP contribution is -2.36. The number of hydrogen-bond donors (Lipinski definition) is 4. The molecule has 0 aliphatic heterocycles. The average Bonchev–Trinajstić information content (AvgIpc) is 2.75. The van der Waals surface area contributed by atoms with Crippen LogP contribution >= 0.6 is 7.60 Å². The zero-order chi connectivity index (χ0) is 17.4. The fourth-order valence-electron chi connectivity index (χ4n) is 1.72. The quantitative estimate of drug-likeness (QED) is 0.535. The molecule has 1 atom stereocenters. The van der Waals surface area contributed by atoms with Gasteiger partial charge in [0.25, 0.3) is 5.56 Å². The molecule has 2 rings (SSSR count). The van der Waals surface area contributed by atoms with Crippen molar-refractivity contribution in [1.29, 1.82) is 0 Å². The first-order valence-corrected chi connectivity index (χ1v) is 7.70. The highest BCUT2D eigenvalue weighted by atomic mass is 31.2. The molecular formula is C9H11F3N5O5P. The SMILES string of the molecule is Nc1nc2c(ncn2CC(OCP(=O)(O)O)C(F)(F)F)c(=O)[nH]1. The lowest BCUT2D eigenvalue weighted by Gasteiger charge is -2.21. The minimum atomic E-state index is -4.90. The molecule has 0 aromatic carbocycles. The van der Waals surface area contributed by atoms with E-state index in [1.807, 2.05) is 0 Å². The summed E-state index contributed by atoms with van der Waals surface area (Å²) in [5.74, 6) is -0.316. The highest BCUT2D eigenvalue weighted by Gasteiger charge is 2.42. The summed E-state index contributed by atoms with van der Waals surface area (Å²) >= 11 is 0. The van der Waals surface area contributed by atoms with E-state index < -0.39 is 38.3 Å². The average molecular weight is 357 g/mol. The van der Waals surface area contributed by atoms with Crippen LogP contribution in [-0.2, 0) is 15.8 Å². The summed E-state index contributed by atoms with van der Waals surface area (Å²) in [5.41, 5.74) is 4.16. The second-order valence-electron chi connectivity index (χ2n) is 4.51. The molecule has 1 unspecified atom stereocenters. The molecule has 23 heavy (non-hydrogen) atoms. The molecular weight excluding hydrogens is 346 g/mol. The highest BCUT2D eigenvalue weighted by Crippen LogP contribution is 2.36. The molecule has 0 amide bonds. The summed E-state index contributed by atoms with van der Waals surface area (Å²) in [4.78, 5) is 38.2. The largest absolute Gasteiger partial charge is 0.416 e. The van der Waals surface area contributed by atoms with Gasteiger partial charge in [0, 0.05) is 0 Å². The van der Waals surface area contributed by atoms with Gasteiger partial charge in [0.05, 0.1) is 12.9 Å². The number of imidazole rings is 1. The molecule has 2 aromatic heterocycles. The van der Waals surface area contributed by atoms with Crippen molar-refractivity contribution < 1.29 is 32.3 Å². The molecule has 0 radical (unpaired) electrons. The van der Waals surface area contributed by atoms with Gasteiger partial charge in [0.2, 0.25) is 5.95 Å². The summed E-state index contributed by atoms with van der Waals surface area (Å²) in [6.45, 7) is -0.907. The summed E-state index contributed by atoms with van der Waals surface area (Å²) < 4.78 is 54.6. The van der Waals surface area contributed by atoms with Crippen LogP contribution in [0.1, 0.15) is 0 Å². The number of nitrogens with two attached hydrogens (primary N) is 1. The molecule has 0 aliphatic carbocycles. The number of aromatic nitrogens is 4. The highest BCUT2D eigenvalue weighted by molar-refractivity contribution is 7.51. The molecule has 10 nitrogen and oxygen atoms in total. The Kier molecular flexibility index (Phi) is 4.48. The summed E-state index contributed by atoms with van der Waals surface area (Å²) in [6.07, 6.45) is -7.92. The van der Waals surface area contributed by atoms with E-state index in [1.165, 1.54) is 0 Å². The third kappa shape index (κ3) is 4.28. The van der Waals surface area contributed by atoms with Gasteiger partial charge in [-0.15, -0.1) is 0 Å². The van der Waals surface area contributed by atoms with E-state index in [4.69, 9.17) is 15.5 Å². The minimum Gasteiger partial charge on any atom is -0.369 e. The van der Waals surface area contributed by atoms with Crippen LogP contribution in [-0.4, -0.2) is 47.9 Å². The summed E-state index contributed by atoms with van der Waals surface area (Å²) in [5, 5.41) is 0. The second-order valence-corrected chi connectivity index (χ2v) is 6.10. The van der Waals surface area contributed by atoms with Gasteiger partial charge in [-0.1, -0.05) is 0 Å². The van der Waals surface area contributed by atoms with Gasteiger partial charge in [0.15, 0.2) is 17.3 Å². The topological polar surface area (TPSA) is 156 Å². The molecule has 128 valence electrons. The maximum Gasteiger partial charge on any atom is 0.416 e. The first-order chi connectivity index (χ1) is 10.5. The van der Waals surface area contributed by atoms with Gasteiger partial charge < -0.3 is 24.8 Å². The molecule has 0 bridgehead atoms. The number of halogens is 3. The zero-order valence-electron chi connectivity index (χ0n) is 11.2. The van der Waals surface area contributed by atoms with Crippen LogP contribution in [0.2, 0.25) is 0 Å².